The molecule has 2 aromatic rings. The third kappa shape index (κ3) is 3.69. The van der Waals surface area contributed by atoms with Gasteiger partial charge in [-0.1, -0.05) is 30.3 Å². The lowest BCUT2D eigenvalue weighted by Crippen LogP contribution is -2.23. The largest absolute Gasteiger partial charge is 0.467 e. The molecule has 1 unspecified atom stereocenters. The Kier molecular flexibility index (Phi) is 5.10. The molecular weight excluding hydrogens is 336 g/mol. The molecule has 0 spiro atoms. The fourth-order valence-electron chi connectivity index (χ4n) is 1.77. The number of methoxy groups -OCH3 is 1. The van der Waals surface area contributed by atoms with E-state index >= 15 is 0 Å². The molecule has 2 rings (SSSR count). The lowest BCUT2D eigenvalue weighted by molar-refractivity contribution is -0.141. The van der Waals surface area contributed by atoms with Crippen molar-refractivity contribution in [2.75, 3.05) is 24.8 Å². The van der Waals surface area contributed by atoms with Crippen molar-refractivity contribution in [1.82, 2.24) is 9.97 Å². The summed E-state index contributed by atoms with van der Waals surface area (Å²) in [7, 11) is 3.08. The molecule has 1 atom stereocenters. The molecule has 2 N–H and O–H groups in total. The minimum atomic E-state index is -0.646. The fourth-order valence-corrected chi connectivity index (χ4v) is 2.07. The summed E-state index contributed by atoms with van der Waals surface area (Å²) >= 11 is 3.36. The van der Waals surface area contributed by atoms with Crippen molar-refractivity contribution in [3.63, 3.8) is 0 Å². The highest BCUT2D eigenvalue weighted by Crippen LogP contribution is 2.26. The lowest BCUT2D eigenvalue weighted by atomic mass is 10.1. The highest BCUT2D eigenvalue weighted by atomic mass is 79.9. The Balaban J connectivity index is 2.34. The zero-order valence-corrected chi connectivity index (χ0v) is 13.2. The molecule has 0 aliphatic rings. The van der Waals surface area contributed by atoms with Crippen LogP contribution in [0.2, 0.25) is 0 Å². The number of benzene rings is 1. The fraction of sp³-hybridized carbons (Fsp3) is 0.214. The van der Waals surface area contributed by atoms with Gasteiger partial charge in [0.05, 0.1) is 11.6 Å². The number of carbonyl (C=O) groups excluding carboxylic acids is 1. The Morgan fingerprint density at radius 1 is 1.33 bits per heavy atom. The number of esters is 1. The molecular formula is C14H15BrN4O2. The molecule has 1 aromatic carbocycles. The Morgan fingerprint density at radius 2 is 2.05 bits per heavy atom. The molecule has 0 bridgehead atoms. The smallest absolute Gasteiger partial charge is 0.333 e. The van der Waals surface area contributed by atoms with Gasteiger partial charge in [0, 0.05) is 13.2 Å². The van der Waals surface area contributed by atoms with Crippen LogP contribution in [0.15, 0.2) is 41.0 Å². The van der Waals surface area contributed by atoms with Crippen LogP contribution in [0.1, 0.15) is 11.6 Å². The second-order valence-electron chi connectivity index (χ2n) is 4.15. The number of rotatable bonds is 5. The highest BCUT2D eigenvalue weighted by Gasteiger charge is 2.22. The Labute approximate surface area is 131 Å². The van der Waals surface area contributed by atoms with Gasteiger partial charge in [-0.25, -0.2) is 9.78 Å². The van der Waals surface area contributed by atoms with Crippen LogP contribution in [0.4, 0.5) is 11.8 Å². The topological polar surface area (TPSA) is 76.1 Å². The average molecular weight is 351 g/mol. The third-order valence-corrected chi connectivity index (χ3v) is 3.40. The Morgan fingerprint density at radius 3 is 2.67 bits per heavy atom. The van der Waals surface area contributed by atoms with Crippen LogP contribution >= 0.6 is 15.9 Å². The predicted octanol–water partition coefficient (Wildman–Crippen LogP) is 2.61. The first-order valence-corrected chi connectivity index (χ1v) is 7.04. The standard InChI is InChI=1S/C14H15BrN4O2/c1-16-14-17-8-10(15)12(19-14)18-11(13(20)21-2)9-6-4-3-5-7-9/h3-8,11H,1-2H3,(H2,16,17,18,19). The number of aromatic nitrogens is 2. The SMILES string of the molecule is CNc1ncc(Br)c(NC(C(=O)OC)c2ccccc2)n1. The maximum absolute atomic E-state index is 12.0. The Hall–Kier alpha value is -2.15. The molecule has 0 amide bonds. The van der Waals surface area contributed by atoms with Crippen LogP contribution in [0.25, 0.3) is 0 Å². The number of nitrogens with one attached hydrogen (secondary N) is 2. The van der Waals surface area contributed by atoms with Gasteiger partial charge in [-0.3, -0.25) is 0 Å². The summed E-state index contributed by atoms with van der Waals surface area (Å²) in [4.78, 5) is 20.4. The van der Waals surface area contributed by atoms with Crippen LogP contribution in [0.3, 0.4) is 0 Å². The van der Waals surface area contributed by atoms with E-state index in [-0.39, 0.29) is 0 Å². The summed E-state index contributed by atoms with van der Waals surface area (Å²) in [6.45, 7) is 0. The van der Waals surface area contributed by atoms with E-state index in [9.17, 15) is 4.79 Å². The number of nitrogens with zero attached hydrogens (tertiary/aromatic N) is 2. The summed E-state index contributed by atoms with van der Waals surface area (Å²) in [6, 6.07) is 8.66. The van der Waals surface area contributed by atoms with Gasteiger partial charge in [0.1, 0.15) is 5.82 Å². The quantitative estimate of drug-likeness (QED) is 0.807. The van der Waals surface area contributed by atoms with Crippen molar-refractivity contribution in [3.8, 4) is 0 Å². The van der Waals surface area contributed by atoms with Gasteiger partial charge >= 0.3 is 5.97 Å². The van der Waals surface area contributed by atoms with Gasteiger partial charge in [-0.2, -0.15) is 4.98 Å². The van der Waals surface area contributed by atoms with E-state index in [4.69, 9.17) is 4.74 Å². The third-order valence-electron chi connectivity index (χ3n) is 2.82. The first kappa shape index (κ1) is 15.2. The molecule has 1 heterocycles. The van der Waals surface area contributed by atoms with E-state index in [0.717, 1.165) is 5.56 Å². The first-order chi connectivity index (χ1) is 10.2. The summed E-state index contributed by atoms with van der Waals surface area (Å²) in [5, 5.41) is 5.93. The summed E-state index contributed by atoms with van der Waals surface area (Å²) in [5.74, 6) is 0.573. The summed E-state index contributed by atoms with van der Waals surface area (Å²) < 4.78 is 5.52. The van der Waals surface area contributed by atoms with Crippen LogP contribution < -0.4 is 10.6 Å². The van der Waals surface area contributed by atoms with Gasteiger partial charge in [0.2, 0.25) is 5.95 Å². The molecule has 1 aromatic heterocycles. The molecule has 0 aliphatic carbocycles. The van der Waals surface area contributed by atoms with E-state index in [1.54, 1.807) is 13.2 Å². The van der Waals surface area contributed by atoms with Crippen LogP contribution in [-0.2, 0) is 9.53 Å². The molecule has 0 fully saturated rings. The maximum atomic E-state index is 12.0. The van der Waals surface area contributed by atoms with Crippen molar-refractivity contribution in [2.24, 2.45) is 0 Å². The van der Waals surface area contributed by atoms with E-state index in [0.29, 0.717) is 16.2 Å². The number of carbonyl (C=O) groups is 1. The van der Waals surface area contributed by atoms with Crippen LogP contribution in [0.5, 0.6) is 0 Å². The number of ether oxygens (including phenoxy) is 1. The lowest BCUT2D eigenvalue weighted by Gasteiger charge is -2.18. The van der Waals surface area contributed by atoms with Crippen molar-refractivity contribution in [2.45, 2.75) is 6.04 Å². The molecule has 110 valence electrons. The zero-order chi connectivity index (χ0) is 15.2. The minimum absolute atomic E-state index is 0.391. The molecule has 7 heteroatoms. The number of halogens is 1. The van der Waals surface area contributed by atoms with Crippen LogP contribution in [0, 0.1) is 0 Å². The Bertz CT molecular complexity index is 622. The van der Waals surface area contributed by atoms with Gasteiger partial charge < -0.3 is 15.4 Å². The second kappa shape index (κ2) is 7.03. The van der Waals surface area contributed by atoms with Crippen LogP contribution in [-0.4, -0.2) is 30.1 Å². The molecule has 0 saturated heterocycles. The number of anilines is 2. The van der Waals surface area contributed by atoms with E-state index in [2.05, 4.69) is 36.5 Å². The average Bonchev–Trinajstić information content (AvgIpc) is 2.54. The summed E-state index contributed by atoms with van der Waals surface area (Å²) in [5.41, 5.74) is 0.792. The molecule has 0 aliphatic heterocycles. The van der Waals surface area contributed by atoms with E-state index in [1.165, 1.54) is 7.11 Å². The molecule has 6 nitrogen and oxygen atoms in total. The monoisotopic (exact) mass is 350 g/mol. The van der Waals surface area contributed by atoms with Gasteiger partial charge in [-0.05, 0) is 21.5 Å². The first-order valence-electron chi connectivity index (χ1n) is 6.25. The van der Waals surface area contributed by atoms with Gasteiger partial charge in [0.15, 0.2) is 6.04 Å². The maximum Gasteiger partial charge on any atom is 0.333 e. The summed E-state index contributed by atoms with van der Waals surface area (Å²) in [6.07, 6.45) is 1.61. The highest BCUT2D eigenvalue weighted by molar-refractivity contribution is 9.10. The molecule has 0 saturated carbocycles. The predicted molar refractivity (Wildman–Crippen MR) is 84.1 cm³/mol. The normalized spacial score (nSPS) is 11.6. The van der Waals surface area contributed by atoms with Gasteiger partial charge in [-0.15, -0.1) is 0 Å². The number of hydrogen-bond donors (Lipinski definition) is 2. The van der Waals surface area contributed by atoms with E-state index in [1.807, 2.05) is 30.3 Å². The van der Waals surface area contributed by atoms with Crippen molar-refractivity contribution < 1.29 is 9.53 Å². The molecule has 21 heavy (non-hydrogen) atoms. The number of hydrogen-bond acceptors (Lipinski definition) is 6. The van der Waals surface area contributed by atoms with Crippen molar-refractivity contribution in [3.05, 3.63) is 46.6 Å². The molecule has 0 radical (unpaired) electrons. The van der Waals surface area contributed by atoms with Crippen molar-refractivity contribution >= 4 is 33.7 Å². The van der Waals surface area contributed by atoms with Gasteiger partial charge in [0.25, 0.3) is 0 Å². The minimum Gasteiger partial charge on any atom is -0.467 e. The van der Waals surface area contributed by atoms with E-state index < -0.39 is 12.0 Å². The van der Waals surface area contributed by atoms with Crippen molar-refractivity contribution in [1.29, 1.82) is 0 Å². The second-order valence-corrected chi connectivity index (χ2v) is 5.01. The zero-order valence-electron chi connectivity index (χ0n) is 11.6.